The average Bonchev–Trinajstić information content (AvgIpc) is 2.92. The summed E-state index contributed by atoms with van der Waals surface area (Å²) >= 11 is 7.25. The lowest BCUT2D eigenvalue weighted by molar-refractivity contribution is 0.734. The molecule has 1 heterocycles. The molecule has 36 heavy (non-hydrogen) atoms. The quantitative estimate of drug-likeness (QED) is 0.194. The number of hydrogen-bond acceptors (Lipinski definition) is 2. The monoisotopic (exact) mass is 596 g/mol. The van der Waals surface area contributed by atoms with Crippen LogP contribution in [0.4, 0.5) is 0 Å². The number of benzene rings is 4. The Labute approximate surface area is 229 Å². The van der Waals surface area contributed by atoms with E-state index in [9.17, 15) is 0 Å². The lowest BCUT2D eigenvalue weighted by Crippen LogP contribution is -1.98. The van der Waals surface area contributed by atoms with Crippen LogP contribution in [0.1, 0.15) is 31.7 Å². The normalized spacial score (nSPS) is 11.9. The van der Waals surface area contributed by atoms with E-state index in [1.807, 2.05) is 12.1 Å². The van der Waals surface area contributed by atoms with Crippen molar-refractivity contribution >= 4 is 31.9 Å². The van der Waals surface area contributed by atoms with Crippen molar-refractivity contribution in [3.8, 4) is 45.0 Å². The molecule has 0 N–H and O–H groups in total. The first-order valence-corrected chi connectivity index (χ1v) is 13.7. The van der Waals surface area contributed by atoms with E-state index in [1.54, 1.807) is 0 Å². The SMILES string of the molecule is CC[C@H](C)c1cccc(-c2nc(-c3ccc(-c4ccccc4)cc3)cc(-c3cc(Br)cc(Br)c3)n2)c1. The molecule has 2 nitrogen and oxygen atoms in total. The minimum atomic E-state index is 0.485. The Bertz CT molecular complexity index is 1470. The number of hydrogen-bond donors (Lipinski definition) is 0. The standard InChI is InChI=1S/C32H26Br2N2/c1-3-21(2)25-10-7-11-26(16-25)32-35-30(20-31(36-32)27-17-28(33)19-29(34)18-27)24-14-12-23(13-15-24)22-8-5-4-6-9-22/h4-21H,3H2,1-2H3/t21-/m0/s1. The van der Waals surface area contributed by atoms with Gasteiger partial charge in [-0.3, -0.25) is 0 Å². The molecule has 0 aliphatic heterocycles. The Balaban J connectivity index is 1.63. The summed E-state index contributed by atoms with van der Waals surface area (Å²) < 4.78 is 2.00. The fourth-order valence-electron chi connectivity index (χ4n) is 4.26. The highest BCUT2D eigenvalue weighted by Crippen LogP contribution is 2.32. The molecule has 0 saturated heterocycles. The Morgan fingerprint density at radius 1 is 0.583 bits per heavy atom. The molecule has 0 bridgehead atoms. The second-order valence-corrected chi connectivity index (χ2v) is 10.8. The van der Waals surface area contributed by atoms with Gasteiger partial charge in [0.1, 0.15) is 0 Å². The predicted octanol–water partition coefficient (Wildman–Crippen LogP) is 10.2. The van der Waals surface area contributed by atoms with Crippen molar-refractivity contribution in [1.82, 2.24) is 9.97 Å². The van der Waals surface area contributed by atoms with E-state index in [4.69, 9.17) is 9.97 Å². The van der Waals surface area contributed by atoms with Crippen LogP contribution < -0.4 is 0 Å². The highest BCUT2D eigenvalue weighted by Gasteiger charge is 2.13. The molecule has 0 amide bonds. The Morgan fingerprint density at radius 3 is 1.83 bits per heavy atom. The van der Waals surface area contributed by atoms with Crippen molar-refractivity contribution in [3.63, 3.8) is 0 Å². The van der Waals surface area contributed by atoms with Crippen LogP contribution in [0.5, 0.6) is 0 Å². The van der Waals surface area contributed by atoms with Gasteiger partial charge in [-0.2, -0.15) is 0 Å². The second-order valence-electron chi connectivity index (χ2n) is 9.00. The van der Waals surface area contributed by atoms with Crippen LogP contribution in [0.3, 0.4) is 0 Å². The van der Waals surface area contributed by atoms with Crippen LogP contribution in [-0.2, 0) is 0 Å². The van der Waals surface area contributed by atoms with Crippen LogP contribution in [0.25, 0.3) is 45.0 Å². The van der Waals surface area contributed by atoms with Gasteiger partial charge in [0.2, 0.25) is 0 Å². The van der Waals surface area contributed by atoms with E-state index in [0.717, 1.165) is 49.3 Å². The first-order chi connectivity index (χ1) is 17.5. The van der Waals surface area contributed by atoms with E-state index >= 15 is 0 Å². The van der Waals surface area contributed by atoms with Gasteiger partial charge in [-0.1, -0.05) is 119 Å². The first kappa shape index (κ1) is 24.6. The van der Waals surface area contributed by atoms with Crippen molar-refractivity contribution < 1.29 is 0 Å². The summed E-state index contributed by atoms with van der Waals surface area (Å²) in [5, 5.41) is 0. The highest BCUT2D eigenvalue weighted by molar-refractivity contribution is 9.11. The molecule has 0 spiro atoms. The smallest absolute Gasteiger partial charge is 0.160 e. The number of aromatic nitrogens is 2. The van der Waals surface area contributed by atoms with Crippen LogP contribution in [0.15, 0.2) is 112 Å². The molecule has 178 valence electrons. The van der Waals surface area contributed by atoms with E-state index < -0.39 is 0 Å². The van der Waals surface area contributed by atoms with Gasteiger partial charge in [-0.05, 0) is 59.4 Å². The van der Waals surface area contributed by atoms with Crippen molar-refractivity contribution in [2.24, 2.45) is 0 Å². The molecule has 0 unspecified atom stereocenters. The van der Waals surface area contributed by atoms with Gasteiger partial charge < -0.3 is 0 Å². The Hall–Kier alpha value is -3.08. The molecule has 1 aromatic heterocycles. The van der Waals surface area contributed by atoms with Gasteiger partial charge in [0.25, 0.3) is 0 Å². The van der Waals surface area contributed by atoms with Gasteiger partial charge in [-0.25, -0.2) is 9.97 Å². The molecular formula is C32H26Br2N2. The van der Waals surface area contributed by atoms with Gasteiger partial charge in [0, 0.05) is 25.6 Å². The largest absolute Gasteiger partial charge is 0.228 e. The maximum absolute atomic E-state index is 5.04. The van der Waals surface area contributed by atoms with Crippen LogP contribution in [0.2, 0.25) is 0 Å². The van der Waals surface area contributed by atoms with Gasteiger partial charge in [-0.15, -0.1) is 0 Å². The molecule has 0 saturated carbocycles. The zero-order valence-corrected chi connectivity index (χ0v) is 23.4. The van der Waals surface area contributed by atoms with Crippen LogP contribution in [-0.4, -0.2) is 9.97 Å². The Kier molecular flexibility index (Phi) is 7.45. The predicted molar refractivity (Wildman–Crippen MR) is 158 cm³/mol. The topological polar surface area (TPSA) is 25.8 Å². The molecule has 5 rings (SSSR count). The molecule has 4 aromatic carbocycles. The van der Waals surface area contributed by atoms with Crippen molar-refractivity contribution in [2.75, 3.05) is 0 Å². The maximum Gasteiger partial charge on any atom is 0.160 e. The molecule has 0 fully saturated rings. The molecule has 4 heteroatoms. The third-order valence-electron chi connectivity index (χ3n) is 6.50. The minimum absolute atomic E-state index is 0.485. The molecule has 0 aliphatic rings. The average molecular weight is 598 g/mol. The fourth-order valence-corrected chi connectivity index (χ4v) is 5.55. The van der Waals surface area contributed by atoms with Gasteiger partial charge in [0.15, 0.2) is 5.82 Å². The van der Waals surface area contributed by atoms with E-state index in [0.29, 0.717) is 5.92 Å². The summed E-state index contributed by atoms with van der Waals surface area (Å²) in [6.07, 6.45) is 1.09. The van der Waals surface area contributed by atoms with E-state index in [1.165, 1.54) is 16.7 Å². The summed E-state index contributed by atoms with van der Waals surface area (Å²) in [5.74, 6) is 1.22. The van der Waals surface area contributed by atoms with Crippen molar-refractivity contribution in [3.05, 3.63) is 118 Å². The molecule has 1 atom stereocenters. The molecular weight excluding hydrogens is 572 g/mol. The lowest BCUT2D eigenvalue weighted by Gasteiger charge is -2.13. The van der Waals surface area contributed by atoms with Crippen LogP contribution >= 0.6 is 31.9 Å². The lowest BCUT2D eigenvalue weighted by atomic mass is 9.96. The summed E-state index contributed by atoms with van der Waals surface area (Å²) in [7, 11) is 0. The van der Waals surface area contributed by atoms with Crippen LogP contribution in [0, 0.1) is 0 Å². The first-order valence-electron chi connectivity index (χ1n) is 12.1. The maximum atomic E-state index is 5.04. The summed E-state index contributed by atoms with van der Waals surface area (Å²) in [6, 6.07) is 36.0. The summed E-state index contributed by atoms with van der Waals surface area (Å²) in [5.41, 5.74) is 8.61. The molecule has 0 radical (unpaired) electrons. The summed E-state index contributed by atoms with van der Waals surface area (Å²) in [6.45, 7) is 4.48. The van der Waals surface area contributed by atoms with Gasteiger partial charge >= 0.3 is 0 Å². The zero-order chi connectivity index (χ0) is 25.1. The number of halogens is 2. The molecule has 5 aromatic rings. The van der Waals surface area contributed by atoms with Gasteiger partial charge in [0.05, 0.1) is 11.4 Å². The molecule has 0 aliphatic carbocycles. The van der Waals surface area contributed by atoms with Crippen molar-refractivity contribution in [2.45, 2.75) is 26.2 Å². The number of nitrogens with zero attached hydrogens (tertiary/aromatic N) is 2. The zero-order valence-electron chi connectivity index (χ0n) is 20.2. The minimum Gasteiger partial charge on any atom is -0.228 e. The highest BCUT2D eigenvalue weighted by atomic mass is 79.9. The number of rotatable bonds is 6. The van der Waals surface area contributed by atoms with E-state index in [-0.39, 0.29) is 0 Å². The second kappa shape index (κ2) is 10.9. The third-order valence-corrected chi connectivity index (χ3v) is 7.41. The fraction of sp³-hybridized carbons (Fsp3) is 0.125. The van der Waals surface area contributed by atoms with E-state index in [2.05, 4.69) is 137 Å². The van der Waals surface area contributed by atoms with Crippen molar-refractivity contribution in [1.29, 1.82) is 0 Å². The third kappa shape index (κ3) is 5.50. The summed E-state index contributed by atoms with van der Waals surface area (Å²) in [4.78, 5) is 10.1. The Morgan fingerprint density at radius 2 is 1.17 bits per heavy atom.